The van der Waals surface area contributed by atoms with E-state index in [-0.39, 0.29) is 11.3 Å². The van der Waals surface area contributed by atoms with Crippen molar-refractivity contribution >= 4 is 11.6 Å². The minimum atomic E-state index is -0.386. The highest BCUT2D eigenvalue weighted by atomic mass is 16.5. The van der Waals surface area contributed by atoms with Gasteiger partial charge in [0, 0.05) is 25.5 Å². The zero-order chi connectivity index (χ0) is 18.2. The number of benzene rings is 1. The van der Waals surface area contributed by atoms with Crippen molar-refractivity contribution in [1.29, 1.82) is 0 Å². The van der Waals surface area contributed by atoms with Crippen LogP contribution < -0.4 is 15.4 Å². The summed E-state index contributed by atoms with van der Waals surface area (Å²) < 4.78 is 5.24. The Morgan fingerprint density at radius 1 is 1.15 bits per heavy atom. The fourth-order valence-electron chi connectivity index (χ4n) is 3.69. The Hall–Kier alpha value is -2.56. The highest BCUT2D eigenvalue weighted by Crippen LogP contribution is 2.41. The lowest BCUT2D eigenvalue weighted by Crippen LogP contribution is -2.43. The molecule has 0 atom stereocenters. The summed E-state index contributed by atoms with van der Waals surface area (Å²) in [6.07, 6.45) is 8.46. The molecular formula is C21H27N3O2. The number of hydrogen-bond donors (Lipinski definition) is 2. The van der Waals surface area contributed by atoms with Crippen LogP contribution >= 0.6 is 0 Å². The van der Waals surface area contributed by atoms with E-state index in [2.05, 4.69) is 15.6 Å². The lowest BCUT2D eigenvalue weighted by molar-refractivity contribution is -0.126. The van der Waals surface area contributed by atoms with Gasteiger partial charge in [-0.05, 0) is 49.1 Å². The summed E-state index contributed by atoms with van der Waals surface area (Å²) >= 11 is 0. The number of nitrogens with one attached hydrogen (secondary N) is 2. The maximum absolute atomic E-state index is 13.0. The summed E-state index contributed by atoms with van der Waals surface area (Å²) in [7, 11) is 1.66. The average molecular weight is 353 g/mol. The fourth-order valence-corrected chi connectivity index (χ4v) is 3.69. The van der Waals surface area contributed by atoms with E-state index in [9.17, 15) is 4.79 Å². The van der Waals surface area contributed by atoms with Crippen LogP contribution in [0.2, 0.25) is 0 Å². The predicted octanol–water partition coefficient (Wildman–Crippen LogP) is 3.52. The normalized spacial score (nSPS) is 15.4. The fraction of sp³-hybridized carbons (Fsp3) is 0.429. The molecule has 1 aromatic carbocycles. The van der Waals surface area contributed by atoms with Crippen molar-refractivity contribution in [1.82, 2.24) is 10.3 Å². The van der Waals surface area contributed by atoms with E-state index in [0.717, 1.165) is 55.6 Å². The predicted molar refractivity (Wildman–Crippen MR) is 103 cm³/mol. The van der Waals surface area contributed by atoms with Crippen molar-refractivity contribution in [2.24, 2.45) is 0 Å². The first-order valence-corrected chi connectivity index (χ1v) is 9.31. The molecule has 0 spiro atoms. The van der Waals surface area contributed by atoms with Crippen molar-refractivity contribution in [3.05, 3.63) is 54.4 Å². The van der Waals surface area contributed by atoms with Crippen LogP contribution in [0.15, 0.2) is 48.8 Å². The number of carbonyl (C=O) groups excluding carboxylic acids is 1. The molecule has 3 rings (SSSR count). The first-order valence-electron chi connectivity index (χ1n) is 9.31. The van der Waals surface area contributed by atoms with Gasteiger partial charge in [0.1, 0.15) is 5.75 Å². The maximum Gasteiger partial charge on any atom is 0.230 e. The lowest BCUT2D eigenvalue weighted by Gasteiger charge is -2.28. The monoisotopic (exact) mass is 353 g/mol. The Balaban J connectivity index is 1.53. The third-order valence-electron chi connectivity index (χ3n) is 5.16. The number of rotatable bonds is 8. The first-order chi connectivity index (χ1) is 12.7. The summed E-state index contributed by atoms with van der Waals surface area (Å²) in [5, 5.41) is 6.47. The van der Waals surface area contributed by atoms with Crippen molar-refractivity contribution in [3.8, 4) is 5.75 Å². The van der Waals surface area contributed by atoms with E-state index >= 15 is 0 Å². The van der Waals surface area contributed by atoms with Crippen LogP contribution in [0.3, 0.4) is 0 Å². The molecule has 0 saturated heterocycles. The van der Waals surface area contributed by atoms with Gasteiger partial charge in [0.15, 0.2) is 0 Å². The first kappa shape index (κ1) is 18.2. The van der Waals surface area contributed by atoms with E-state index in [0.29, 0.717) is 6.54 Å². The van der Waals surface area contributed by atoms with E-state index < -0.39 is 0 Å². The molecule has 5 heteroatoms. The van der Waals surface area contributed by atoms with Gasteiger partial charge in [-0.15, -0.1) is 0 Å². The highest BCUT2D eigenvalue weighted by molar-refractivity contribution is 5.88. The highest BCUT2D eigenvalue weighted by Gasteiger charge is 2.42. The summed E-state index contributed by atoms with van der Waals surface area (Å²) in [6, 6.07) is 11.9. The molecule has 1 aliphatic rings. The van der Waals surface area contributed by atoms with E-state index in [1.54, 1.807) is 19.5 Å². The minimum Gasteiger partial charge on any atom is -0.497 e. The molecule has 1 aromatic heterocycles. The van der Waals surface area contributed by atoms with Crippen LogP contribution in [0.5, 0.6) is 5.75 Å². The third-order valence-corrected chi connectivity index (χ3v) is 5.16. The molecule has 0 aliphatic heterocycles. The quantitative estimate of drug-likeness (QED) is 0.713. The number of carbonyl (C=O) groups is 1. The Morgan fingerprint density at radius 3 is 2.58 bits per heavy atom. The molecule has 0 bridgehead atoms. The molecule has 0 unspecified atom stereocenters. The summed E-state index contributed by atoms with van der Waals surface area (Å²) in [4.78, 5) is 17.1. The number of ether oxygens (including phenoxy) is 1. The number of pyridine rings is 1. The molecule has 1 aliphatic carbocycles. The molecule has 138 valence electrons. The third kappa shape index (κ3) is 4.15. The number of hydrogen-bond acceptors (Lipinski definition) is 4. The Labute approximate surface area is 155 Å². The van der Waals surface area contributed by atoms with Gasteiger partial charge in [-0.1, -0.05) is 25.0 Å². The molecule has 1 saturated carbocycles. The maximum atomic E-state index is 13.0. The Bertz CT molecular complexity index is 695. The molecule has 26 heavy (non-hydrogen) atoms. The molecule has 1 fully saturated rings. The standard InChI is InChI=1S/C21H27N3O2/c1-26-19-9-7-17(8-10-19)21(11-2-3-12-21)20(25)24-15-5-14-23-18-6-4-13-22-16-18/h4,6-10,13,16,23H,2-3,5,11-12,14-15H2,1H3,(H,24,25). The lowest BCUT2D eigenvalue weighted by atomic mass is 9.78. The molecule has 0 radical (unpaired) electrons. The van der Waals surface area contributed by atoms with Crippen molar-refractivity contribution in [2.75, 3.05) is 25.5 Å². The largest absolute Gasteiger partial charge is 0.497 e. The zero-order valence-corrected chi connectivity index (χ0v) is 15.3. The van der Waals surface area contributed by atoms with Gasteiger partial charge in [-0.3, -0.25) is 9.78 Å². The smallest absolute Gasteiger partial charge is 0.230 e. The van der Waals surface area contributed by atoms with Gasteiger partial charge in [-0.2, -0.15) is 0 Å². The minimum absolute atomic E-state index is 0.154. The van der Waals surface area contributed by atoms with Crippen molar-refractivity contribution in [2.45, 2.75) is 37.5 Å². The zero-order valence-electron chi connectivity index (χ0n) is 15.3. The molecular weight excluding hydrogens is 326 g/mol. The second-order valence-corrected chi connectivity index (χ2v) is 6.80. The van der Waals surface area contributed by atoms with Crippen molar-refractivity contribution < 1.29 is 9.53 Å². The number of amides is 1. The van der Waals surface area contributed by atoms with Crippen LogP contribution in [0, 0.1) is 0 Å². The van der Waals surface area contributed by atoms with Gasteiger partial charge in [0.05, 0.1) is 18.2 Å². The van der Waals surface area contributed by atoms with E-state index in [1.165, 1.54) is 0 Å². The van der Waals surface area contributed by atoms with Crippen LogP contribution in [0.4, 0.5) is 5.69 Å². The van der Waals surface area contributed by atoms with Gasteiger partial charge >= 0.3 is 0 Å². The molecule has 1 heterocycles. The van der Waals surface area contributed by atoms with Crippen LogP contribution in [0.25, 0.3) is 0 Å². The molecule has 2 N–H and O–H groups in total. The molecule has 1 amide bonds. The molecule has 5 nitrogen and oxygen atoms in total. The number of methoxy groups -OCH3 is 1. The topological polar surface area (TPSA) is 63.2 Å². The summed E-state index contributed by atoms with van der Waals surface area (Å²) in [6.45, 7) is 1.48. The van der Waals surface area contributed by atoms with Gasteiger partial charge < -0.3 is 15.4 Å². The van der Waals surface area contributed by atoms with Crippen LogP contribution in [-0.2, 0) is 10.2 Å². The van der Waals surface area contributed by atoms with Crippen LogP contribution in [-0.4, -0.2) is 31.1 Å². The summed E-state index contributed by atoms with van der Waals surface area (Å²) in [5.41, 5.74) is 1.72. The second kappa shape index (κ2) is 8.70. The van der Waals surface area contributed by atoms with E-state index in [1.807, 2.05) is 36.4 Å². The average Bonchev–Trinajstić information content (AvgIpc) is 3.20. The summed E-state index contributed by atoms with van der Waals surface area (Å²) in [5.74, 6) is 0.977. The van der Waals surface area contributed by atoms with Crippen LogP contribution in [0.1, 0.15) is 37.7 Å². The molecule has 2 aromatic rings. The Morgan fingerprint density at radius 2 is 1.92 bits per heavy atom. The van der Waals surface area contributed by atoms with Crippen molar-refractivity contribution in [3.63, 3.8) is 0 Å². The number of anilines is 1. The Kier molecular flexibility index (Phi) is 6.10. The SMILES string of the molecule is COc1ccc(C2(C(=O)NCCCNc3cccnc3)CCCC2)cc1. The van der Waals surface area contributed by atoms with Gasteiger partial charge in [0.25, 0.3) is 0 Å². The number of aromatic nitrogens is 1. The second-order valence-electron chi connectivity index (χ2n) is 6.80. The van der Waals surface area contributed by atoms with Gasteiger partial charge in [0.2, 0.25) is 5.91 Å². The van der Waals surface area contributed by atoms with Gasteiger partial charge in [-0.25, -0.2) is 0 Å². The number of nitrogens with zero attached hydrogens (tertiary/aromatic N) is 1. The van der Waals surface area contributed by atoms with E-state index in [4.69, 9.17) is 4.74 Å².